The van der Waals surface area contributed by atoms with E-state index in [1.807, 2.05) is 13.0 Å². The molecule has 0 unspecified atom stereocenters. The van der Waals surface area contributed by atoms with E-state index >= 15 is 0 Å². The number of anilines is 1. The van der Waals surface area contributed by atoms with Crippen molar-refractivity contribution in [1.82, 2.24) is 19.1 Å². The third-order valence-electron chi connectivity index (χ3n) is 5.62. The summed E-state index contributed by atoms with van der Waals surface area (Å²) in [6, 6.07) is 8.65. The monoisotopic (exact) mass is 469 g/mol. The Labute approximate surface area is 194 Å². The van der Waals surface area contributed by atoms with E-state index in [4.69, 9.17) is 9.47 Å². The molecule has 2 aromatic heterocycles. The summed E-state index contributed by atoms with van der Waals surface area (Å²) < 4.78 is 14.2. The number of hydrogen-bond donors (Lipinski definition) is 2. The second-order valence-corrected chi connectivity index (χ2v) is 8.18. The quantitative estimate of drug-likeness (QED) is 0.482. The number of carbonyl (C=O) groups excluding carboxylic acids is 2. The molecule has 4 rings (SSSR count). The number of fused-ring (bicyclic) bond motifs is 1. The summed E-state index contributed by atoms with van der Waals surface area (Å²) in [6.07, 6.45) is 1.49. The van der Waals surface area contributed by atoms with Gasteiger partial charge in [-0.05, 0) is 31.4 Å². The molecule has 180 valence electrons. The Balaban J connectivity index is 1.60. The van der Waals surface area contributed by atoms with Crippen LogP contribution in [0.5, 0.6) is 0 Å². The minimum Gasteiger partial charge on any atom is -0.459 e. The van der Waals surface area contributed by atoms with Crippen molar-refractivity contribution in [2.24, 2.45) is 0 Å². The highest BCUT2D eigenvalue weighted by molar-refractivity contribution is 5.89. The van der Waals surface area contributed by atoms with E-state index < -0.39 is 35.5 Å². The molecule has 0 radical (unpaired) electrons. The third-order valence-corrected chi connectivity index (χ3v) is 5.62. The smallest absolute Gasteiger partial charge is 0.338 e. The maximum absolute atomic E-state index is 13.3. The Morgan fingerprint density at radius 1 is 1.24 bits per heavy atom. The minimum atomic E-state index is -0.683. The van der Waals surface area contributed by atoms with Crippen molar-refractivity contribution in [1.29, 1.82) is 0 Å². The van der Waals surface area contributed by atoms with Gasteiger partial charge in [-0.2, -0.15) is 4.98 Å². The highest BCUT2D eigenvalue weighted by Gasteiger charge is 2.32. The number of amides is 1. The van der Waals surface area contributed by atoms with E-state index in [0.717, 1.165) is 6.42 Å². The third kappa shape index (κ3) is 4.79. The van der Waals surface area contributed by atoms with Gasteiger partial charge in [-0.15, -0.1) is 0 Å². The van der Waals surface area contributed by atoms with Crippen molar-refractivity contribution in [3.63, 3.8) is 0 Å². The number of carbonyl (C=O) groups is 2. The standard InChI is InChI=1S/C23H27N5O6/c1-3-4-12-27-18-19(25-22(24-14(2)29)26-20(18)30)28(23(27)32)17-11-10-16(34-17)13-33-21(31)15-8-6-5-7-9-15/h5-9,16-17H,3-4,10-13H2,1-2H3,(H2,24,25,26,29,30)/t16-,17+/m0/s1. The Morgan fingerprint density at radius 2 is 2.00 bits per heavy atom. The first kappa shape index (κ1) is 23.4. The number of aromatic amines is 1. The van der Waals surface area contributed by atoms with Gasteiger partial charge in [0.05, 0.1) is 11.7 Å². The van der Waals surface area contributed by atoms with Crippen LogP contribution in [0.2, 0.25) is 0 Å². The van der Waals surface area contributed by atoms with Crippen LogP contribution in [0.15, 0.2) is 39.9 Å². The summed E-state index contributed by atoms with van der Waals surface area (Å²) in [5.41, 5.74) is -0.211. The lowest BCUT2D eigenvalue weighted by atomic mass is 10.2. The number of benzene rings is 1. The van der Waals surface area contributed by atoms with Crippen LogP contribution in [-0.4, -0.2) is 43.7 Å². The van der Waals surface area contributed by atoms with Crippen LogP contribution in [0.4, 0.5) is 5.95 Å². The van der Waals surface area contributed by atoms with Gasteiger partial charge in [0.15, 0.2) is 11.2 Å². The van der Waals surface area contributed by atoms with Crippen LogP contribution < -0.4 is 16.6 Å². The van der Waals surface area contributed by atoms with Gasteiger partial charge in [0.25, 0.3) is 5.56 Å². The Morgan fingerprint density at radius 3 is 2.71 bits per heavy atom. The van der Waals surface area contributed by atoms with Crippen LogP contribution >= 0.6 is 0 Å². The fourth-order valence-electron chi connectivity index (χ4n) is 4.02. The summed E-state index contributed by atoms with van der Waals surface area (Å²) in [7, 11) is 0. The van der Waals surface area contributed by atoms with Crippen molar-refractivity contribution in [3.8, 4) is 0 Å². The fourth-order valence-corrected chi connectivity index (χ4v) is 4.02. The first-order chi connectivity index (χ1) is 16.4. The lowest BCUT2D eigenvalue weighted by molar-refractivity contribution is -0.114. The zero-order valence-corrected chi connectivity index (χ0v) is 19.1. The van der Waals surface area contributed by atoms with Crippen molar-refractivity contribution in [2.45, 2.75) is 58.4 Å². The van der Waals surface area contributed by atoms with Crippen LogP contribution in [0.1, 0.15) is 56.1 Å². The van der Waals surface area contributed by atoms with Gasteiger partial charge < -0.3 is 9.47 Å². The fraction of sp³-hybridized carbons (Fsp3) is 0.435. The molecular formula is C23H27N5O6. The van der Waals surface area contributed by atoms with Gasteiger partial charge in [0.1, 0.15) is 12.8 Å². The maximum Gasteiger partial charge on any atom is 0.338 e. The zero-order valence-electron chi connectivity index (χ0n) is 19.1. The van der Waals surface area contributed by atoms with E-state index in [-0.39, 0.29) is 23.7 Å². The summed E-state index contributed by atoms with van der Waals surface area (Å²) in [5, 5.41) is 2.46. The van der Waals surface area contributed by atoms with Crippen molar-refractivity contribution in [2.75, 3.05) is 11.9 Å². The van der Waals surface area contributed by atoms with Gasteiger partial charge in [0, 0.05) is 13.5 Å². The number of esters is 1. The van der Waals surface area contributed by atoms with Gasteiger partial charge in [-0.25, -0.2) is 14.2 Å². The molecule has 2 atom stereocenters. The summed E-state index contributed by atoms with van der Waals surface area (Å²) in [5.74, 6) is -0.897. The van der Waals surface area contributed by atoms with Gasteiger partial charge >= 0.3 is 11.7 Å². The molecule has 11 heteroatoms. The lowest BCUT2D eigenvalue weighted by Gasteiger charge is -2.15. The second-order valence-electron chi connectivity index (χ2n) is 8.18. The average Bonchev–Trinajstić information content (AvgIpc) is 3.38. The van der Waals surface area contributed by atoms with E-state index in [1.54, 1.807) is 24.3 Å². The number of aryl methyl sites for hydroxylation is 1. The number of nitrogens with one attached hydrogen (secondary N) is 2. The molecule has 3 aromatic rings. The molecule has 11 nitrogen and oxygen atoms in total. The number of imidazole rings is 1. The van der Waals surface area contributed by atoms with Crippen LogP contribution in [0, 0.1) is 0 Å². The van der Waals surface area contributed by atoms with Gasteiger partial charge in [-0.3, -0.25) is 24.5 Å². The van der Waals surface area contributed by atoms with E-state index in [1.165, 1.54) is 16.1 Å². The Bertz CT molecular complexity index is 1310. The Kier molecular flexibility index (Phi) is 6.92. The summed E-state index contributed by atoms with van der Waals surface area (Å²) >= 11 is 0. The molecule has 1 aromatic carbocycles. The molecule has 34 heavy (non-hydrogen) atoms. The number of rotatable bonds is 8. The van der Waals surface area contributed by atoms with Gasteiger partial charge in [0.2, 0.25) is 11.9 Å². The first-order valence-electron chi connectivity index (χ1n) is 11.3. The zero-order chi connectivity index (χ0) is 24.2. The SMILES string of the molecule is CCCCn1c(=O)n([C@H]2CC[C@@H](COC(=O)c3ccccc3)O2)c2nc(NC(C)=O)[nH]c(=O)c21. The highest BCUT2D eigenvalue weighted by Crippen LogP contribution is 2.29. The van der Waals surface area contributed by atoms with Crippen LogP contribution in [0.3, 0.4) is 0 Å². The normalized spacial score (nSPS) is 17.7. The highest BCUT2D eigenvalue weighted by atomic mass is 16.6. The number of nitrogens with zero attached hydrogens (tertiary/aromatic N) is 3. The first-order valence-corrected chi connectivity index (χ1v) is 11.3. The molecule has 1 fully saturated rings. The predicted octanol–water partition coefficient (Wildman–Crippen LogP) is 2.18. The van der Waals surface area contributed by atoms with Gasteiger partial charge in [-0.1, -0.05) is 31.5 Å². The molecular weight excluding hydrogens is 442 g/mol. The molecule has 1 saturated heterocycles. The second kappa shape index (κ2) is 10.0. The molecule has 0 saturated carbocycles. The minimum absolute atomic E-state index is 0.0403. The average molecular weight is 469 g/mol. The van der Waals surface area contributed by atoms with Crippen LogP contribution in [0.25, 0.3) is 11.2 Å². The lowest BCUT2D eigenvalue weighted by Crippen LogP contribution is -2.29. The number of aromatic nitrogens is 4. The summed E-state index contributed by atoms with van der Waals surface area (Å²) in [6.45, 7) is 3.68. The molecule has 1 aliphatic heterocycles. The molecule has 1 aliphatic rings. The largest absolute Gasteiger partial charge is 0.459 e. The number of hydrogen-bond acceptors (Lipinski definition) is 7. The molecule has 0 aliphatic carbocycles. The molecule has 0 bridgehead atoms. The molecule has 2 N–H and O–H groups in total. The van der Waals surface area contributed by atoms with E-state index in [9.17, 15) is 19.2 Å². The topological polar surface area (TPSA) is 137 Å². The van der Waals surface area contributed by atoms with Crippen molar-refractivity contribution < 1.29 is 19.1 Å². The van der Waals surface area contributed by atoms with E-state index in [2.05, 4.69) is 15.3 Å². The molecule has 3 heterocycles. The molecule has 0 spiro atoms. The van der Waals surface area contributed by atoms with Crippen molar-refractivity contribution >= 4 is 29.0 Å². The Hall–Kier alpha value is -3.73. The van der Waals surface area contributed by atoms with Crippen LogP contribution in [-0.2, 0) is 20.8 Å². The van der Waals surface area contributed by atoms with E-state index in [0.29, 0.717) is 31.4 Å². The number of unbranched alkanes of at least 4 members (excludes halogenated alkanes) is 1. The number of ether oxygens (including phenoxy) is 2. The molecule has 1 amide bonds. The van der Waals surface area contributed by atoms with Crippen molar-refractivity contribution in [3.05, 3.63) is 56.7 Å². The maximum atomic E-state index is 13.3. The summed E-state index contributed by atoms with van der Waals surface area (Å²) in [4.78, 5) is 56.7. The number of H-pyrrole nitrogens is 1. The predicted molar refractivity (Wildman–Crippen MR) is 124 cm³/mol.